The van der Waals surface area contributed by atoms with E-state index in [9.17, 15) is 14.7 Å². The van der Waals surface area contributed by atoms with Gasteiger partial charge in [-0.3, -0.25) is 9.59 Å². The normalized spacial score (nSPS) is 23.3. The van der Waals surface area contributed by atoms with Crippen LogP contribution in [0.4, 0.5) is 0 Å². The number of aliphatic carboxylic acids is 1. The molecule has 3 heterocycles. The lowest BCUT2D eigenvalue weighted by atomic mass is 9.81. The molecular formula is C22H21N3O4. The Morgan fingerprint density at radius 3 is 2.69 bits per heavy atom. The number of carboxylic acid groups (broad SMARTS) is 1. The number of para-hydroxylation sites is 1. The monoisotopic (exact) mass is 391 g/mol. The van der Waals surface area contributed by atoms with Crippen molar-refractivity contribution in [2.45, 2.75) is 19.3 Å². The van der Waals surface area contributed by atoms with Crippen LogP contribution in [-0.4, -0.2) is 44.8 Å². The zero-order valence-corrected chi connectivity index (χ0v) is 15.8. The summed E-state index contributed by atoms with van der Waals surface area (Å²) < 4.78 is 7.07. The summed E-state index contributed by atoms with van der Waals surface area (Å²) >= 11 is 0. The van der Waals surface area contributed by atoms with E-state index in [1.807, 2.05) is 30.3 Å². The second-order valence-electron chi connectivity index (χ2n) is 7.88. The SMILES string of the molecule is O=C(c1cc(-c2ccco2)nn1-c1ccccc1)N1C[C@@H]2CCC[C@@]2(C(=O)O)C1. The van der Waals surface area contributed by atoms with Gasteiger partial charge in [0.15, 0.2) is 5.76 Å². The highest BCUT2D eigenvalue weighted by atomic mass is 16.4. The molecule has 1 saturated carbocycles. The first kappa shape index (κ1) is 17.7. The number of rotatable bonds is 4. The Bertz CT molecular complexity index is 1060. The summed E-state index contributed by atoms with van der Waals surface area (Å²) in [6.07, 6.45) is 3.96. The molecule has 2 aliphatic rings. The van der Waals surface area contributed by atoms with Crippen LogP contribution in [0.3, 0.4) is 0 Å². The molecule has 1 aromatic carbocycles. The molecule has 1 saturated heterocycles. The minimum atomic E-state index is -0.808. The molecule has 148 valence electrons. The first-order chi connectivity index (χ1) is 14.1. The summed E-state index contributed by atoms with van der Waals surface area (Å²) in [5, 5.41) is 14.4. The van der Waals surface area contributed by atoms with Crippen LogP contribution in [0, 0.1) is 11.3 Å². The van der Waals surface area contributed by atoms with E-state index in [-0.39, 0.29) is 18.4 Å². The van der Waals surface area contributed by atoms with Crippen LogP contribution in [0.1, 0.15) is 29.8 Å². The van der Waals surface area contributed by atoms with Crippen molar-refractivity contribution in [3.8, 4) is 17.1 Å². The predicted octanol–water partition coefficient (Wildman–Crippen LogP) is 3.46. The molecule has 29 heavy (non-hydrogen) atoms. The fraction of sp³-hybridized carbons (Fsp3) is 0.318. The largest absolute Gasteiger partial charge is 0.481 e. The van der Waals surface area contributed by atoms with Crippen LogP contribution in [0.2, 0.25) is 0 Å². The first-order valence-corrected chi connectivity index (χ1v) is 9.80. The van der Waals surface area contributed by atoms with E-state index in [2.05, 4.69) is 5.10 Å². The van der Waals surface area contributed by atoms with E-state index in [1.54, 1.807) is 34.0 Å². The van der Waals surface area contributed by atoms with Crippen LogP contribution in [0.5, 0.6) is 0 Å². The molecule has 0 spiro atoms. The highest BCUT2D eigenvalue weighted by molar-refractivity contribution is 5.95. The number of benzene rings is 1. The van der Waals surface area contributed by atoms with Gasteiger partial charge in [-0.1, -0.05) is 24.6 Å². The molecule has 0 bridgehead atoms. The van der Waals surface area contributed by atoms with Gasteiger partial charge in [-0.15, -0.1) is 0 Å². The summed E-state index contributed by atoms with van der Waals surface area (Å²) in [5.41, 5.74) is 0.926. The van der Waals surface area contributed by atoms with Gasteiger partial charge in [0, 0.05) is 19.2 Å². The predicted molar refractivity (Wildman–Crippen MR) is 105 cm³/mol. The Morgan fingerprint density at radius 1 is 1.17 bits per heavy atom. The quantitative estimate of drug-likeness (QED) is 0.736. The second kappa shape index (κ2) is 6.62. The van der Waals surface area contributed by atoms with E-state index in [1.165, 1.54) is 0 Å². The number of amides is 1. The third-order valence-corrected chi connectivity index (χ3v) is 6.29. The molecule has 0 radical (unpaired) electrons. The Balaban J connectivity index is 1.53. The maximum atomic E-state index is 13.5. The number of carboxylic acids is 1. The number of nitrogens with zero attached hydrogens (tertiary/aromatic N) is 3. The van der Waals surface area contributed by atoms with Crippen LogP contribution in [-0.2, 0) is 4.79 Å². The zero-order chi connectivity index (χ0) is 20.0. The van der Waals surface area contributed by atoms with Crippen molar-refractivity contribution in [2.75, 3.05) is 13.1 Å². The van der Waals surface area contributed by atoms with Gasteiger partial charge < -0.3 is 14.4 Å². The van der Waals surface area contributed by atoms with Gasteiger partial charge >= 0.3 is 5.97 Å². The van der Waals surface area contributed by atoms with Crippen molar-refractivity contribution in [2.24, 2.45) is 11.3 Å². The summed E-state index contributed by atoms with van der Waals surface area (Å²) in [7, 11) is 0. The fourth-order valence-electron chi connectivity index (χ4n) is 4.80. The lowest BCUT2D eigenvalue weighted by molar-refractivity contribution is -0.149. The molecular weight excluding hydrogens is 370 g/mol. The molecule has 1 N–H and O–H groups in total. The van der Waals surface area contributed by atoms with Gasteiger partial charge in [0.1, 0.15) is 11.4 Å². The Morgan fingerprint density at radius 2 is 2.00 bits per heavy atom. The molecule has 1 aliphatic heterocycles. The third-order valence-electron chi connectivity index (χ3n) is 6.29. The van der Waals surface area contributed by atoms with Gasteiger partial charge in [0.2, 0.25) is 0 Å². The summed E-state index contributed by atoms with van der Waals surface area (Å²) in [4.78, 5) is 27.1. The molecule has 0 unspecified atom stereocenters. The van der Waals surface area contributed by atoms with E-state index >= 15 is 0 Å². The maximum Gasteiger partial charge on any atom is 0.311 e. The van der Waals surface area contributed by atoms with Crippen molar-refractivity contribution in [3.05, 3.63) is 60.5 Å². The lowest BCUT2D eigenvalue weighted by Crippen LogP contribution is -2.37. The van der Waals surface area contributed by atoms with Crippen LogP contribution in [0.15, 0.2) is 59.2 Å². The highest BCUT2D eigenvalue weighted by Crippen LogP contribution is 2.49. The molecule has 1 aliphatic carbocycles. The molecule has 7 heteroatoms. The van der Waals surface area contributed by atoms with Gasteiger partial charge in [-0.2, -0.15) is 5.10 Å². The Labute approximate surface area is 167 Å². The number of hydrogen-bond donors (Lipinski definition) is 1. The molecule has 2 atom stereocenters. The number of fused-ring (bicyclic) bond motifs is 1. The topological polar surface area (TPSA) is 88.6 Å². The zero-order valence-electron chi connectivity index (χ0n) is 15.8. The molecule has 3 aromatic rings. The number of carbonyl (C=O) groups excluding carboxylic acids is 1. The van der Waals surface area contributed by atoms with Crippen LogP contribution < -0.4 is 0 Å². The maximum absolute atomic E-state index is 13.5. The number of carbonyl (C=O) groups is 2. The smallest absolute Gasteiger partial charge is 0.311 e. The van der Waals surface area contributed by atoms with Crippen molar-refractivity contribution in [1.82, 2.24) is 14.7 Å². The summed E-state index contributed by atoms with van der Waals surface area (Å²) in [6, 6.07) is 14.7. The van der Waals surface area contributed by atoms with Crippen molar-refractivity contribution < 1.29 is 19.1 Å². The summed E-state index contributed by atoms with van der Waals surface area (Å²) in [6.45, 7) is 0.725. The number of furan rings is 1. The second-order valence-corrected chi connectivity index (χ2v) is 7.88. The molecule has 2 fully saturated rings. The first-order valence-electron chi connectivity index (χ1n) is 9.80. The average Bonchev–Trinajstić information content (AvgIpc) is 3.50. The highest BCUT2D eigenvalue weighted by Gasteiger charge is 2.56. The average molecular weight is 391 g/mol. The number of hydrogen-bond acceptors (Lipinski definition) is 4. The standard InChI is InChI=1S/C22H21N3O4/c26-20(24-13-15-6-4-10-22(15,14-24)21(27)28)18-12-17(19-9-5-11-29-19)23-25(18)16-7-2-1-3-8-16/h1-3,5,7-9,11-12,15H,4,6,10,13-14H2,(H,27,28)/t15-,22+/m0/s1. The molecule has 2 aromatic heterocycles. The van der Waals surface area contributed by atoms with Gasteiger partial charge in [0.05, 0.1) is 17.4 Å². The van der Waals surface area contributed by atoms with Crippen LogP contribution in [0.25, 0.3) is 17.1 Å². The van der Waals surface area contributed by atoms with Crippen molar-refractivity contribution in [3.63, 3.8) is 0 Å². The molecule has 7 nitrogen and oxygen atoms in total. The number of aromatic nitrogens is 2. The lowest BCUT2D eigenvalue weighted by Gasteiger charge is -2.23. The fourth-order valence-corrected chi connectivity index (χ4v) is 4.80. The van der Waals surface area contributed by atoms with Gasteiger partial charge in [-0.25, -0.2) is 4.68 Å². The van der Waals surface area contributed by atoms with Crippen molar-refractivity contribution in [1.29, 1.82) is 0 Å². The Hall–Kier alpha value is -3.35. The van der Waals surface area contributed by atoms with Gasteiger partial charge in [-0.05, 0) is 43.0 Å². The minimum Gasteiger partial charge on any atom is -0.481 e. The minimum absolute atomic E-state index is 0.0154. The van der Waals surface area contributed by atoms with E-state index in [0.717, 1.165) is 18.5 Å². The van der Waals surface area contributed by atoms with E-state index in [0.29, 0.717) is 30.1 Å². The van der Waals surface area contributed by atoms with Crippen LogP contribution >= 0.6 is 0 Å². The Kier molecular flexibility index (Phi) is 4.04. The van der Waals surface area contributed by atoms with E-state index in [4.69, 9.17) is 4.42 Å². The number of likely N-dealkylation sites (tertiary alicyclic amines) is 1. The molecule has 5 rings (SSSR count). The molecule has 1 amide bonds. The van der Waals surface area contributed by atoms with E-state index < -0.39 is 11.4 Å². The summed E-state index contributed by atoms with van der Waals surface area (Å²) in [5.74, 6) is -0.395. The van der Waals surface area contributed by atoms with Gasteiger partial charge in [0.25, 0.3) is 5.91 Å². The third kappa shape index (κ3) is 2.76. The van der Waals surface area contributed by atoms with Crippen molar-refractivity contribution >= 4 is 11.9 Å².